The van der Waals surface area contributed by atoms with Gasteiger partial charge in [-0.1, -0.05) is 19.0 Å². The van der Waals surface area contributed by atoms with Crippen molar-refractivity contribution >= 4 is 5.69 Å². The van der Waals surface area contributed by atoms with E-state index in [0.29, 0.717) is 12.2 Å². The van der Waals surface area contributed by atoms with Crippen LogP contribution in [0, 0.1) is 11.6 Å². The second-order valence-corrected chi connectivity index (χ2v) is 4.65. The molecule has 0 amide bonds. The van der Waals surface area contributed by atoms with E-state index in [4.69, 9.17) is 10.3 Å². The molecule has 0 fully saturated rings. The molecule has 21 heavy (non-hydrogen) atoms. The zero-order valence-electron chi connectivity index (χ0n) is 12.1. The minimum Gasteiger partial charge on any atom is -0.398 e. The summed E-state index contributed by atoms with van der Waals surface area (Å²) < 4.78 is 31.4. The Balaban J connectivity index is 2.15. The molecule has 7 heteroatoms. The Morgan fingerprint density at radius 1 is 1.19 bits per heavy atom. The highest BCUT2D eigenvalue weighted by atomic mass is 19.2. The van der Waals surface area contributed by atoms with Gasteiger partial charge >= 0.3 is 0 Å². The fourth-order valence-electron chi connectivity index (χ4n) is 2.01. The highest BCUT2D eigenvalue weighted by Gasteiger charge is 2.15. The number of hydrogen-bond acceptors (Lipinski definition) is 5. The molecule has 0 saturated carbocycles. The number of rotatable bonds is 6. The van der Waals surface area contributed by atoms with Gasteiger partial charge in [0.2, 0.25) is 0 Å². The lowest BCUT2D eigenvalue weighted by atomic mass is 10.1. The fraction of sp³-hybridized carbons (Fsp3) is 0.429. The van der Waals surface area contributed by atoms with Crippen LogP contribution in [-0.4, -0.2) is 34.7 Å². The maximum absolute atomic E-state index is 13.3. The first kappa shape index (κ1) is 15.4. The Morgan fingerprint density at radius 2 is 1.86 bits per heavy atom. The van der Waals surface area contributed by atoms with Crippen molar-refractivity contribution in [3.8, 4) is 11.5 Å². The number of hydrogen-bond donors (Lipinski definition) is 1. The second-order valence-electron chi connectivity index (χ2n) is 4.65. The largest absolute Gasteiger partial charge is 0.398 e. The molecule has 2 rings (SSSR count). The van der Waals surface area contributed by atoms with E-state index >= 15 is 0 Å². The highest BCUT2D eigenvalue weighted by molar-refractivity contribution is 5.70. The molecule has 0 bridgehead atoms. The van der Waals surface area contributed by atoms with Gasteiger partial charge in [0, 0.05) is 24.7 Å². The molecule has 0 radical (unpaired) electrons. The van der Waals surface area contributed by atoms with Crippen molar-refractivity contribution in [3.63, 3.8) is 0 Å². The fourth-order valence-corrected chi connectivity index (χ4v) is 2.01. The van der Waals surface area contributed by atoms with Gasteiger partial charge in [-0.3, -0.25) is 0 Å². The predicted molar refractivity (Wildman–Crippen MR) is 75.6 cm³/mol. The van der Waals surface area contributed by atoms with Crippen molar-refractivity contribution in [2.75, 3.05) is 25.4 Å². The minimum absolute atomic E-state index is 0.0628. The van der Waals surface area contributed by atoms with Gasteiger partial charge in [-0.25, -0.2) is 8.78 Å². The van der Waals surface area contributed by atoms with Crippen LogP contribution in [0.4, 0.5) is 14.5 Å². The first-order valence-corrected chi connectivity index (χ1v) is 6.85. The van der Waals surface area contributed by atoms with E-state index in [9.17, 15) is 8.78 Å². The SMILES string of the molecule is CCN(CC)CCc1noc(-c2cc(F)c(F)cc2N)n1. The number of anilines is 1. The number of aromatic nitrogens is 2. The molecule has 0 aliphatic heterocycles. The number of benzene rings is 1. The number of nitrogen functional groups attached to an aromatic ring is 1. The molecule has 114 valence electrons. The molecule has 1 aromatic carbocycles. The van der Waals surface area contributed by atoms with Crippen molar-refractivity contribution < 1.29 is 13.3 Å². The normalized spacial score (nSPS) is 11.3. The Bertz CT molecular complexity index is 611. The summed E-state index contributed by atoms with van der Waals surface area (Å²) >= 11 is 0. The number of nitrogens with two attached hydrogens (primary N) is 1. The van der Waals surface area contributed by atoms with Gasteiger partial charge in [-0.15, -0.1) is 0 Å². The molecule has 0 saturated heterocycles. The molecule has 0 atom stereocenters. The summed E-state index contributed by atoms with van der Waals surface area (Å²) in [6.07, 6.45) is 0.620. The van der Waals surface area contributed by atoms with E-state index in [2.05, 4.69) is 28.9 Å². The molecule has 2 N–H and O–H groups in total. The van der Waals surface area contributed by atoms with Crippen molar-refractivity contribution in [2.24, 2.45) is 0 Å². The third kappa shape index (κ3) is 3.55. The molecule has 1 aromatic heterocycles. The van der Waals surface area contributed by atoms with Gasteiger partial charge in [0.25, 0.3) is 5.89 Å². The second kappa shape index (κ2) is 6.62. The van der Waals surface area contributed by atoms with Crippen molar-refractivity contribution in [1.82, 2.24) is 15.0 Å². The number of halogens is 2. The summed E-state index contributed by atoms with van der Waals surface area (Å²) in [7, 11) is 0. The van der Waals surface area contributed by atoms with Gasteiger partial charge in [0.05, 0.1) is 5.56 Å². The summed E-state index contributed by atoms with van der Waals surface area (Å²) in [4.78, 5) is 6.40. The Kier molecular flexibility index (Phi) is 4.85. The molecule has 1 heterocycles. The lowest BCUT2D eigenvalue weighted by molar-refractivity contribution is 0.303. The molecule has 0 unspecified atom stereocenters. The van der Waals surface area contributed by atoms with Gasteiger partial charge in [0.1, 0.15) is 0 Å². The quantitative estimate of drug-likeness (QED) is 0.829. The first-order valence-electron chi connectivity index (χ1n) is 6.85. The maximum Gasteiger partial charge on any atom is 0.260 e. The van der Waals surface area contributed by atoms with Crippen LogP contribution < -0.4 is 5.73 Å². The third-order valence-corrected chi connectivity index (χ3v) is 3.34. The lowest BCUT2D eigenvalue weighted by Gasteiger charge is -2.16. The number of nitrogens with zero attached hydrogens (tertiary/aromatic N) is 3. The van der Waals surface area contributed by atoms with Crippen LogP contribution in [0.15, 0.2) is 16.7 Å². The number of likely N-dealkylation sites (N-methyl/N-ethyl adjacent to an activating group) is 1. The minimum atomic E-state index is -1.00. The zero-order chi connectivity index (χ0) is 15.4. The lowest BCUT2D eigenvalue weighted by Crippen LogP contribution is -2.25. The first-order chi connectivity index (χ1) is 10.0. The van der Waals surface area contributed by atoms with Crippen LogP contribution in [0.5, 0.6) is 0 Å². The van der Waals surface area contributed by atoms with Crippen LogP contribution in [0.25, 0.3) is 11.5 Å². The van der Waals surface area contributed by atoms with E-state index < -0.39 is 11.6 Å². The Hall–Kier alpha value is -2.02. The van der Waals surface area contributed by atoms with Crippen LogP contribution >= 0.6 is 0 Å². The van der Waals surface area contributed by atoms with E-state index in [1.165, 1.54) is 0 Å². The zero-order valence-corrected chi connectivity index (χ0v) is 12.1. The summed E-state index contributed by atoms with van der Waals surface area (Å²) in [6.45, 7) is 6.84. The van der Waals surface area contributed by atoms with Gasteiger partial charge < -0.3 is 15.2 Å². The highest BCUT2D eigenvalue weighted by Crippen LogP contribution is 2.26. The topological polar surface area (TPSA) is 68.2 Å². The van der Waals surface area contributed by atoms with E-state index in [-0.39, 0.29) is 17.1 Å². The van der Waals surface area contributed by atoms with Crippen LogP contribution in [0.1, 0.15) is 19.7 Å². The Morgan fingerprint density at radius 3 is 2.52 bits per heavy atom. The van der Waals surface area contributed by atoms with Gasteiger partial charge in [0.15, 0.2) is 17.5 Å². The molecule has 0 aliphatic carbocycles. The molecule has 0 spiro atoms. The standard InChI is InChI=1S/C14H18F2N4O/c1-3-20(4-2)6-5-13-18-14(21-19-13)9-7-10(15)11(16)8-12(9)17/h7-8H,3-6,17H2,1-2H3. The summed E-state index contributed by atoms with van der Waals surface area (Å²) in [5, 5.41) is 3.84. The average Bonchev–Trinajstić information content (AvgIpc) is 2.92. The molecule has 0 aliphatic rings. The van der Waals surface area contributed by atoms with E-state index in [1.807, 2.05) is 0 Å². The molecule has 5 nitrogen and oxygen atoms in total. The van der Waals surface area contributed by atoms with Crippen LogP contribution in [0.2, 0.25) is 0 Å². The van der Waals surface area contributed by atoms with Crippen LogP contribution in [-0.2, 0) is 6.42 Å². The van der Waals surface area contributed by atoms with Crippen molar-refractivity contribution in [3.05, 3.63) is 29.6 Å². The average molecular weight is 296 g/mol. The van der Waals surface area contributed by atoms with Crippen molar-refractivity contribution in [2.45, 2.75) is 20.3 Å². The summed E-state index contributed by atoms with van der Waals surface area (Å²) in [6, 6.07) is 1.87. The summed E-state index contributed by atoms with van der Waals surface area (Å²) in [5.74, 6) is -1.39. The smallest absolute Gasteiger partial charge is 0.260 e. The van der Waals surface area contributed by atoms with Gasteiger partial charge in [-0.05, 0) is 19.2 Å². The molecular weight excluding hydrogens is 278 g/mol. The Labute approximate surface area is 121 Å². The maximum atomic E-state index is 13.3. The van der Waals surface area contributed by atoms with Gasteiger partial charge in [-0.2, -0.15) is 4.98 Å². The third-order valence-electron chi connectivity index (χ3n) is 3.34. The molecular formula is C14H18F2N4O. The summed E-state index contributed by atoms with van der Waals surface area (Å²) in [5.41, 5.74) is 5.92. The molecule has 2 aromatic rings. The van der Waals surface area contributed by atoms with E-state index in [1.54, 1.807) is 0 Å². The van der Waals surface area contributed by atoms with E-state index in [0.717, 1.165) is 31.8 Å². The van der Waals surface area contributed by atoms with Crippen molar-refractivity contribution in [1.29, 1.82) is 0 Å². The monoisotopic (exact) mass is 296 g/mol. The van der Waals surface area contributed by atoms with Crippen LogP contribution in [0.3, 0.4) is 0 Å². The predicted octanol–water partition coefficient (Wildman–Crippen LogP) is 2.48.